The van der Waals surface area contributed by atoms with Crippen molar-refractivity contribution >= 4 is 5.91 Å². The number of pyridine rings is 1. The highest BCUT2D eigenvalue weighted by molar-refractivity contribution is 5.72. The van der Waals surface area contributed by atoms with Gasteiger partial charge in [-0.2, -0.15) is 13.2 Å². The van der Waals surface area contributed by atoms with Crippen molar-refractivity contribution in [1.29, 1.82) is 0 Å². The van der Waals surface area contributed by atoms with Crippen LogP contribution in [0.1, 0.15) is 63.1 Å². The highest BCUT2D eigenvalue weighted by Gasteiger charge is 2.46. The lowest BCUT2D eigenvalue weighted by Crippen LogP contribution is -2.50. The summed E-state index contributed by atoms with van der Waals surface area (Å²) in [7, 11) is 0. The minimum atomic E-state index is -4.25. The molecule has 178 valence electrons. The summed E-state index contributed by atoms with van der Waals surface area (Å²) in [6.45, 7) is 3.42. The number of ether oxygens (including phenoxy) is 1. The number of hydrogen-bond acceptors (Lipinski definition) is 5. The predicted molar refractivity (Wildman–Crippen MR) is 114 cm³/mol. The lowest BCUT2D eigenvalue weighted by atomic mass is 9.73. The van der Waals surface area contributed by atoms with Crippen LogP contribution in [0.25, 0.3) is 0 Å². The molecular formula is C23H32F3N3O3. The number of aliphatic hydroxyl groups excluding tert-OH is 1. The van der Waals surface area contributed by atoms with Gasteiger partial charge in [0.2, 0.25) is 11.8 Å². The van der Waals surface area contributed by atoms with Crippen LogP contribution in [0.15, 0.2) is 24.4 Å². The SMILES string of the molecule is CC(=O)NCCC=C[C@H](O)CN[C@H]1CC2(CCC2)Oc2ncc(C[C@@H](C)C(F)(F)F)cc21. The molecule has 0 aromatic carbocycles. The fraction of sp³-hybridized carbons (Fsp3) is 0.652. The minimum absolute atomic E-state index is 0.0960. The molecule has 32 heavy (non-hydrogen) atoms. The average molecular weight is 456 g/mol. The van der Waals surface area contributed by atoms with E-state index in [9.17, 15) is 23.1 Å². The maximum absolute atomic E-state index is 13.0. The van der Waals surface area contributed by atoms with Crippen LogP contribution >= 0.6 is 0 Å². The van der Waals surface area contributed by atoms with E-state index in [1.165, 1.54) is 20.0 Å². The second-order valence-corrected chi connectivity index (χ2v) is 8.96. The molecule has 1 aromatic rings. The van der Waals surface area contributed by atoms with Crippen molar-refractivity contribution in [3.63, 3.8) is 0 Å². The van der Waals surface area contributed by atoms with Gasteiger partial charge in [0.1, 0.15) is 5.60 Å². The van der Waals surface area contributed by atoms with Crippen molar-refractivity contribution in [2.45, 2.75) is 76.3 Å². The number of halogens is 3. The molecule has 0 bridgehead atoms. The number of carbonyl (C=O) groups excluding carboxylic acids is 1. The topological polar surface area (TPSA) is 83.5 Å². The number of carbonyl (C=O) groups is 1. The third-order valence-electron chi connectivity index (χ3n) is 6.18. The largest absolute Gasteiger partial charge is 0.471 e. The summed E-state index contributed by atoms with van der Waals surface area (Å²) in [6, 6.07) is 1.60. The summed E-state index contributed by atoms with van der Waals surface area (Å²) in [5.41, 5.74) is 0.987. The summed E-state index contributed by atoms with van der Waals surface area (Å²) >= 11 is 0. The van der Waals surface area contributed by atoms with E-state index in [0.717, 1.165) is 24.8 Å². The Labute approximate surface area is 186 Å². The zero-order chi connectivity index (χ0) is 23.4. The Kier molecular flexibility index (Phi) is 7.82. The fourth-order valence-corrected chi connectivity index (χ4v) is 4.13. The average Bonchev–Trinajstić information content (AvgIpc) is 2.69. The van der Waals surface area contributed by atoms with Crippen molar-refractivity contribution in [3.05, 3.63) is 35.5 Å². The van der Waals surface area contributed by atoms with E-state index in [-0.39, 0.29) is 24.0 Å². The summed E-state index contributed by atoms with van der Waals surface area (Å²) in [6.07, 6.45) is 4.07. The number of amides is 1. The molecule has 1 aliphatic carbocycles. The van der Waals surface area contributed by atoms with Crippen LogP contribution in [0, 0.1) is 5.92 Å². The van der Waals surface area contributed by atoms with Gasteiger partial charge < -0.3 is 20.5 Å². The molecule has 0 unspecified atom stereocenters. The third kappa shape index (κ3) is 6.45. The smallest absolute Gasteiger partial charge is 0.391 e. The molecule has 3 atom stereocenters. The number of hydrogen-bond donors (Lipinski definition) is 3. The highest BCUT2D eigenvalue weighted by atomic mass is 19.4. The molecule has 1 spiro atoms. The first-order valence-corrected chi connectivity index (χ1v) is 11.1. The number of rotatable bonds is 9. The lowest BCUT2D eigenvalue weighted by Gasteiger charge is -2.47. The van der Waals surface area contributed by atoms with Crippen LogP contribution in [0.3, 0.4) is 0 Å². The first-order valence-electron chi connectivity index (χ1n) is 11.1. The van der Waals surface area contributed by atoms with E-state index >= 15 is 0 Å². The number of nitrogens with one attached hydrogen (secondary N) is 2. The van der Waals surface area contributed by atoms with Gasteiger partial charge in [0.15, 0.2) is 0 Å². The van der Waals surface area contributed by atoms with E-state index < -0.39 is 18.2 Å². The van der Waals surface area contributed by atoms with Gasteiger partial charge in [-0.1, -0.05) is 19.1 Å². The van der Waals surface area contributed by atoms with Gasteiger partial charge in [0, 0.05) is 44.2 Å². The Morgan fingerprint density at radius 2 is 2.19 bits per heavy atom. The predicted octanol–water partition coefficient (Wildman–Crippen LogP) is 3.60. The molecule has 3 N–H and O–H groups in total. The van der Waals surface area contributed by atoms with Gasteiger partial charge >= 0.3 is 6.18 Å². The Morgan fingerprint density at radius 3 is 2.81 bits per heavy atom. The normalized spacial score (nSPS) is 21.5. The van der Waals surface area contributed by atoms with Gasteiger partial charge in [-0.25, -0.2) is 4.98 Å². The third-order valence-corrected chi connectivity index (χ3v) is 6.18. The Balaban J connectivity index is 1.65. The number of aromatic nitrogens is 1. The molecule has 6 nitrogen and oxygen atoms in total. The molecule has 1 aromatic heterocycles. The van der Waals surface area contributed by atoms with Crippen molar-refractivity contribution in [3.8, 4) is 5.88 Å². The first-order chi connectivity index (χ1) is 15.1. The summed E-state index contributed by atoms with van der Waals surface area (Å²) in [5, 5.41) is 16.3. The number of aliphatic hydroxyl groups is 1. The van der Waals surface area contributed by atoms with Crippen molar-refractivity contribution in [2.24, 2.45) is 5.92 Å². The van der Waals surface area contributed by atoms with Gasteiger partial charge in [0.05, 0.1) is 12.0 Å². The van der Waals surface area contributed by atoms with Crippen LogP contribution in [-0.2, 0) is 11.2 Å². The number of fused-ring (bicyclic) bond motifs is 1. The van der Waals surface area contributed by atoms with E-state index in [2.05, 4.69) is 15.6 Å². The molecule has 9 heteroatoms. The van der Waals surface area contributed by atoms with Gasteiger partial charge in [-0.3, -0.25) is 4.79 Å². The van der Waals surface area contributed by atoms with Crippen LogP contribution in [0.5, 0.6) is 5.88 Å². The summed E-state index contributed by atoms with van der Waals surface area (Å²) in [5.74, 6) is -1.08. The number of alkyl halides is 3. The highest BCUT2D eigenvalue weighted by Crippen LogP contribution is 2.48. The zero-order valence-corrected chi connectivity index (χ0v) is 18.5. The molecule has 0 radical (unpaired) electrons. The van der Waals surface area contributed by atoms with E-state index in [1.54, 1.807) is 12.1 Å². The maximum Gasteiger partial charge on any atom is 0.391 e. The molecule has 2 heterocycles. The van der Waals surface area contributed by atoms with Gasteiger partial charge in [-0.15, -0.1) is 0 Å². The van der Waals surface area contributed by atoms with Crippen LogP contribution in [0.4, 0.5) is 13.2 Å². The molecule has 0 saturated heterocycles. The standard InChI is InChI=1S/C23H32F3N3O3/c1-15(23(24,25)26)10-17-11-19-20(12-22(7-5-8-22)32-21(19)29-13-17)28-14-18(31)6-3-4-9-27-16(2)30/h3,6,11,13,15,18,20,28,31H,4-5,7-10,12,14H2,1-2H3,(H,27,30)/t15-,18+,20+/m1/s1. The quantitative estimate of drug-likeness (QED) is 0.392. The van der Waals surface area contributed by atoms with E-state index in [4.69, 9.17) is 4.74 Å². The van der Waals surface area contributed by atoms with Crippen molar-refractivity contribution in [1.82, 2.24) is 15.6 Å². The van der Waals surface area contributed by atoms with Crippen molar-refractivity contribution in [2.75, 3.05) is 13.1 Å². The fourth-order valence-electron chi connectivity index (χ4n) is 4.13. The molecule has 1 amide bonds. The molecule has 3 rings (SSSR count). The summed E-state index contributed by atoms with van der Waals surface area (Å²) < 4.78 is 45.1. The maximum atomic E-state index is 13.0. The minimum Gasteiger partial charge on any atom is -0.471 e. The monoisotopic (exact) mass is 455 g/mol. The van der Waals surface area contributed by atoms with Crippen LogP contribution < -0.4 is 15.4 Å². The number of nitrogens with zero attached hydrogens (tertiary/aromatic N) is 1. The van der Waals surface area contributed by atoms with Crippen LogP contribution in [-0.4, -0.2) is 47.0 Å². The van der Waals surface area contributed by atoms with Gasteiger partial charge in [-0.05, 0) is 43.7 Å². The zero-order valence-electron chi connectivity index (χ0n) is 18.5. The Bertz CT molecular complexity index is 824. The van der Waals surface area contributed by atoms with Crippen molar-refractivity contribution < 1.29 is 27.8 Å². The van der Waals surface area contributed by atoms with E-state index in [0.29, 0.717) is 37.4 Å². The first kappa shape index (κ1) is 24.5. The molecule has 1 aliphatic heterocycles. The summed E-state index contributed by atoms with van der Waals surface area (Å²) in [4.78, 5) is 15.2. The second-order valence-electron chi connectivity index (χ2n) is 8.96. The van der Waals surface area contributed by atoms with Crippen LogP contribution in [0.2, 0.25) is 0 Å². The van der Waals surface area contributed by atoms with E-state index in [1.807, 2.05) is 6.08 Å². The Morgan fingerprint density at radius 1 is 1.44 bits per heavy atom. The molecule has 1 fully saturated rings. The van der Waals surface area contributed by atoms with Gasteiger partial charge in [0.25, 0.3) is 0 Å². The molecular weight excluding hydrogens is 423 g/mol. The molecule has 1 saturated carbocycles. The second kappa shape index (κ2) is 10.2. The lowest BCUT2D eigenvalue weighted by molar-refractivity contribution is -0.169. The molecule has 2 aliphatic rings. The Hall–Kier alpha value is -2.13.